The summed E-state index contributed by atoms with van der Waals surface area (Å²) in [6.07, 6.45) is 0. The van der Waals surface area contributed by atoms with Crippen LogP contribution in [0.3, 0.4) is 0 Å². The van der Waals surface area contributed by atoms with Crippen molar-refractivity contribution in [1.82, 2.24) is 0 Å². The molecule has 0 radical (unpaired) electrons. The third-order valence-electron chi connectivity index (χ3n) is 3.67. The number of carboxylic acids is 1. The molecule has 0 bridgehead atoms. The maximum Gasteiger partial charge on any atom is 0.307 e. The average molecular weight is 238 g/mol. The smallest absolute Gasteiger partial charge is 0.307 e. The molecule has 2 aromatic rings. The molecule has 2 aromatic carbocycles. The lowest BCUT2D eigenvalue weighted by molar-refractivity contribution is -0.138. The summed E-state index contributed by atoms with van der Waals surface area (Å²) in [7, 11) is 0. The molecule has 0 amide bonds. The molecule has 0 aromatic heterocycles. The number of benzene rings is 2. The van der Waals surface area contributed by atoms with Gasteiger partial charge < -0.3 is 5.11 Å². The van der Waals surface area contributed by atoms with Gasteiger partial charge in [0, 0.05) is 11.8 Å². The lowest BCUT2D eigenvalue weighted by atomic mass is 10.0. The maximum absolute atomic E-state index is 11.3. The van der Waals surface area contributed by atoms with E-state index in [4.69, 9.17) is 0 Å². The molecular formula is C16H14O2. The Kier molecular flexibility index (Phi) is 2.63. The van der Waals surface area contributed by atoms with Crippen molar-refractivity contribution < 1.29 is 9.90 Å². The van der Waals surface area contributed by atoms with Gasteiger partial charge in [0.1, 0.15) is 0 Å². The van der Waals surface area contributed by atoms with E-state index >= 15 is 0 Å². The largest absolute Gasteiger partial charge is 0.481 e. The van der Waals surface area contributed by atoms with Crippen LogP contribution in [0.15, 0.2) is 60.7 Å². The Morgan fingerprint density at radius 1 is 0.778 bits per heavy atom. The number of rotatable bonds is 3. The third-order valence-corrected chi connectivity index (χ3v) is 3.67. The van der Waals surface area contributed by atoms with E-state index in [-0.39, 0.29) is 17.8 Å². The van der Waals surface area contributed by atoms with Gasteiger partial charge in [0.25, 0.3) is 0 Å². The summed E-state index contributed by atoms with van der Waals surface area (Å²) in [4.78, 5) is 11.3. The second kappa shape index (κ2) is 4.30. The highest BCUT2D eigenvalue weighted by Crippen LogP contribution is 2.60. The van der Waals surface area contributed by atoms with Crippen LogP contribution in [-0.2, 0) is 4.79 Å². The summed E-state index contributed by atoms with van der Waals surface area (Å²) in [6, 6.07) is 19.9. The molecule has 1 aliphatic carbocycles. The highest BCUT2D eigenvalue weighted by atomic mass is 16.4. The molecule has 0 heterocycles. The van der Waals surface area contributed by atoms with E-state index in [1.165, 1.54) is 0 Å². The first-order valence-corrected chi connectivity index (χ1v) is 6.12. The normalized spacial score (nSPS) is 25.7. The van der Waals surface area contributed by atoms with E-state index in [2.05, 4.69) is 0 Å². The highest BCUT2D eigenvalue weighted by Gasteiger charge is 2.56. The van der Waals surface area contributed by atoms with Crippen molar-refractivity contribution in [3.8, 4) is 0 Å². The fourth-order valence-electron chi connectivity index (χ4n) is 2.80. The topological polar surface area (TPSA) is 37.3 Å². The average Bonchev–Trinajstić information content (AvgIpc) is 3.16. The summed E-state index contributed by atoms with van der Waals surface area (Å²) in [5.41, 5.74) is 2.25. The van der Waals surface area contributed by atoms with Crippen molar-refractivity contribution in [3.05, 3.63) is 71.8 Å². The van der Waals surface area contributed by atoms with Crippen molar-refractivity contribution in [3.63, 3.8) is 0 Å². The number of carbonyl (C=O) groups is 1. The minimum Gasteiger partial charge on any atom is -0.481 e. The fourth-order valence-corrected chi connectivity index (χ4v) is 2.80. The maximum atomic E-state index is 11.3. The van der Waals surface area contributed by atoms with Crippen molar-refractivity contribution in [2.24, 2.45) is 5.92 Å². The SMILES string of the molecule is O=C(O)C1[C@H](c2ccccc2)[C@H]1c1ccccc1. The molecule has 0 unspecified atom stereocenters. The van der Waals surface area contributed by atoms with E-state index in [9.17, 15) is 9.90 Å². The van der Waals surface area contributed by atoms with Gasteiger partial charge in [-0.3, -0.25) is 4.79 Å². The van der Waals surface area contributed by atoms with Crippen LogP contribution >= 0.6 is 0 Å². The zero-order chi connectivity index (χ0) is 12.5. The second-order valence-electron chi connectivity index (χ2n) is 4.74. The van der Waals surface area contributed by atoms with Crippen LogP contribution in [0.4, 0.5) is 0 Å². The van der Waals surface area contributed by atoms with Gasteiger partial charge in [-0.2, -0.15) is 0 Å². The van der Waals surface area contributed by atoms with Crippen LogP contribution < -0.4 is 0 Å². The van der Waals surface area contributed by atoms with Crippen molar-refractivity contribution in [2.45, 2.75) is 11.8 Å². The quantitative estimate of drug-likeness (QED) is 0.891. The summed E-state index contributed by atoms with van der Waals surface area (Å²) < 4.78 is 0. The van der Waals surface area contributed by atoms with Crippen LogP contribution in [0.1, 0.15) is 23.0 Å². The lowest BCUT2D eigenvalue weighted by Crippen LogP contribution is -2.00. The molecule has 0 aliphatic heterocycles. The minimum absolute atomic E-state index is 0.117. The van der Waals surface area contributed by atoms with Gasteiger partial charge in [0.05, 0.1) is 5.92 Å². The summed E-state index contributed by atoms with van der Waals surface area (Å²) in [5, 5.41) is 9.32. The second-order valence-corrected chi connectivity index (χ2v) is 4.74. The molecule has 3 rings (SSSR count). The van der Waals surface area contributed by atoms with Gasteiger partial charge in [0.2, 0.25) is 0 Å². The van der Waals surface area contributed by atoms with Crippen LogP contribution in [-0.4, -0.2) is 11.1 Å². The Bertz CT molecular complexity index is 502. The third kappa shape index (κ3) is 1.80. The van der Waals surface area contributed by atoms with Crippen LogP contribution in [0.25, 0.3) is 0 Å². The molecule has 90 valence electrons. The van der Waals surface area contributed by atoms with E-state index in [1.807, 2.05) is 60.7 Å². The van der Waals surface area contributed by atoms with Gasteiger partial charge in [-0.25, -0.2) is 0 Å². The van der Waals surface area contributed by atoms with Crippen molar-refractivity contribution in [2.75, 3.05) is 0 Å². The number of carboxylic acid groups (broad SMARTS) is 1. The Morgan fingerprint density at radius 2 is 1.17 bits per heavy atom. The molecule has 2 atom stereocenters. The van der Waals surface area contributed by atoms with Crippen LogP contribution in [0.5, 0.6) is 0 Å². The zero-order valence-corrected chi connectivity index (χ0v) is 9.86. The molecule has 1 aliphatic rings. The Hall–Kier alpha value is -2.09. The number of hydrogen-bond donors (Lipinski definition) is 1. The molecule has 1 fully saturated rings. The molecular weight excluding hydrogens is 224 g/mol. The molecule has 2 heteroatoms. The first-order chi connectivity index (χ1) is 8.79. The Labute approximate surface area is 106 Å². The van der Waals surface area contributed by atoms with Crippen LogP contribution in [0, 0.1) is 5.92 Å². The molecule has 2 nitrogen and oxygen atoms in total. The first kappa shape index (κ1) is 11.0. The Morgan fingerprint density at radius 3 is 1.50 bits per heavy atom. The van der Waals surface area contributed by atoms with Crippen molar-refractivity contribution in [1.29, 1.82) is 0 Å². The van der Waals surface area contributed by atoms with Gasteiger partial charge in [-0.15, -0.1) is 0 Å². The van der Waals surface area contributed by atoms with Gasteiger partial charge in [-0.05, 0) is 11.1 Å². The van der Waals surface area contributed by atoms with Gasteiger partial charge >= 0.3 is 5.97 Å². The lowest BCUT2D eigenvalue weighted by Gasteiger charge is -1.99. The summed E-state index contributed by atoms with van der Waals surface area (Å²) in [5.74, 6) is -0.746. The van der Waals surface area contributed by atoms with Gasteiger partial charge in [-0.1, -0.05) is 60.7 Å². The minimum atomic E-state index is -0.697. The molecule has 18 heavy (non-hydrogen) atoms. The fraction of sp³-hybridized carbons (Fsp3) is 0.188. The van der Waals surface area contributed by atoms with Crippen LogP contribution in [0.2, 0.25) is 0 Å². The van der Waals surface area contributed by atoms with Gasteiger partial charge in [0.15, 0.2) is 0 Å². The van der Waals surface area contributed by atoms with E-state index < -0.39 is 5.97 Å². The molecule has 0 saturated heterocycles. The number of hydrogen-bond acceptors (Lipinski definition) is 1. The van der Waals surface area contributed by atoms with E-state index in [1.54, 1.807) is 0 Å². The predicted octanol–water partition coefficient (Wildman–Crippen LogP) is 3.27. The van der Waals surface area contributed by atoms with E-state index in [0.717, 1.165) is 11.1 Å². The van der Waals surface area contributed by atoms with E-state index in [0.29, 0.717) is 0 Å². The Balaban J connectivity index is 1.94. The van der Waals surface area contributed by atoms with Crippen molar-refractivity contribution >= 4 is 5.97 Å². The zero-order valence-electron chi connectivity index (χ0n) is 9.86. The summed E-state index contributed by atoms with van der Waals surface area (Å²) >= 11 is 0. The molecule has 0 spiro atoms. The number of aliphatic carboxylic acids is 1. The first-order valence-electron chi connectivity index (χ1n) is 6.12. The monoisotopic (exact) mass is 238 g/mol. The standard InChI is InChI=1S/C16H14O2/c17-16(18)15-13(11-7-3-1-4-8-11)14(15)12-9-5-2-6-10-12/h1-10,13-15H,(H,17,18)/t13-,14-/m1/s1. The molecule has 1 saturated carbocycles. The highest BCUT2D eigenvalue weighted by molar-refractivity contribution is 5.78. The summed E-state index contributed by atoms with van der Waals surface area (Å²) in [6.45, 7) is 0. The predicted molar refractivity (Wildman–Crippen MR) is 69.5 cm³/mol. The molecule has 1 N–H and O–H groups in total.